The van der Waals surface area contributed by atoms with Gasteiger partial charge in [-0.15, -0.1) is 22.7 Å². The van der Waals surface area contributed by atoms with Crippen molar-refractivity contribution in [2.24, 2.45) is 0 Å². The molecule has 2 unspecified atom stereocenters. The normalized spacial score (nSPS) is 17.3. The molecule has 2 fully saturated rings. The van der Waals surface area contributed by atoms with Gasteiger partial charge in [-0.05, 0) is 140 Å². The molecule has 0 radical (unpaired) electrons. The van der Waals surface area contributed by atoms with Gasteiger partial charge in [0.1, 0.15) is 18.0 Å². The van der Waals surface area contributed by atoms with E-state index in [-0.39, 0.29) is 24.9 Å². The minimum absolute atomic E-state index is 0.0742. The van der Waals surface area contributed by atoms with E-state index in [4.69, 9.17) is 0 Å². The predicted molar refractivity (Wildman–Crippen MR) is 272 cm³/mol. The predicted octanol–water partition coefficient (Wildman–Crippen LogP) is 9.08. The number of hydrogen-bond acceptors (Lipinski definition) is 10. The fourth-order valence-electron chi connectivity index (χ4n) is 9.35. The van der Waals surface area contributed by atoms with Gasteiger partial charge in [0.2, 0.25) is 0 Å². The third-order valence-corrected chi connectivity index (χ3v) is 15.2. The summed E-state index contributed by atoms with van der Waals surface area (Å²) < 4.78 is 13.6. The summed E-state index contributed by atoms with van der Waals surface area (Å²) in [6, 6.07) is 38.3. The molecule has 0 bridgehead atoms. The summed E-state index contributed by atoms with van der Waals surface area (Å²) in [4.78, 5) is 56.3. The van der Waals surface area contributed by atoms with E-state index in [9.17, 15) is 44.0 Å². The molecule has 2 aliphatic rings. The number of aryl methyl sites for hydroxylation is 3. The van der Waals surface area contributed by atoms with Gasteiger partial charge in [0.05, 0.1) is 12.1 Å². The number of carbonyl (C=O) groups excluding carboxylic acids is 4. The van der Waals surface area contributed by atoms with Gasteiger partial charge < -0.3 is 30.2 Å². The fraction of sp³-hybridized carbons (Fsp3) is 0.368. The lowest BCUT2D eigenvalue weighted by Gasteiger charge is -2.28. The lowest BCUT2D eigenvalue weighted by molar-refractivity contribution is -0.153. The third-order valence-electron chi connectivity index (χ3n) is 13.1. The standard InChI is InChI=1S/C29H33NO4S.C28H30FNO4S/c1-20-12-14-23(15-13-20)25-10-6-16-30(25)29(34)28(33)27(32)26(31)11-5-9-24-18-22(19-35-24)17-21-7-3-2-4-8-21;29-22-10-4-9-21(17-22)24-12-6-14-30(24)28(34)27(33)26(32)25(31)13-5-11-23-16-20(18-35-23)15-19-7-2-1-3-8-19/h2-4,7-8,12-15,18-19,25,27-28,32-33H,5-6,9-11,16-17H2,1H3;1-4,7-10,16-18,24,26-27,32-33H,5-6,11-15H2/t25?,27-,28+;24?,26-,27+/m00/s1. The van der Waals surface area contributed by atoms with Crippen LogP contribution in [0, 0.1) is 12.7 Å². The molecule has 4 heterocycles. The minimum atomic E-state index is -1.82. The van der Waals surface area contributed by atoms with E-state index >= 15 is 0 Å². The SMILES string of the molecule is Cc1ccc(C2CCCN2C(=O)[C@H](O)[C@@H](O)C(=O)CCCc2cc(Cc3ccccc3)cs2)cc1.O=C(CCCc1cc(Cc2ccccc2)cs1)[C@H](O)[C@@H](O)C(=O)N1CCCC1c1cccc(F)c1. The van der Waals surface area contributed by atoms with Crippen molar-refractivity contribution in [3.63, 3.8) is 0 Å². The minimum Gasteiger partial charge on any atom is -0.382 e. The van der Waals surface area contributed by atoms with E-state index in [2.05, 4.69) is 47.2 Å². The maximum Gasteiger partial charge on any atom is 0.255 e. The number of halogens is 1. The van der Waals surface area contributed by atoms with Crippen LogP contribution in [-0.2, 0) is 44.9 Å². The highest BCUT2D eigenvalue weighted by atomic mass is 32.1. The second-order valence-corrected chi connectivity index (χ2v) is 20.4. The van der Waals surface area contributed by atoms with Crippen LogP contribution in [0.25, 0.3) is 0 Å². The molecular weight excluding hydrogens is 924 g/mol. The van der Waals surface area contributed by atoms with Crippen molar-refractivity contribution in [2.45, 2.75) is 120 Å². The molecule has 6 aromatic rings. The van der Waals surface area contributed by atoms with Crippen molar-refractivity contribution in [1.82, 2.24) is 9.80 Å². The Hall–Kier alpha value is -5.67. The van der Waals surface area contributed by atoms with E-state index in [0.717, 1.165) is 48.1 Å². The summed E-state index contributed by atoms with van der Waals surface area (Å²) in [7, 11) is 0. The van der Waals surface area contributed by atoms with Gasteiger partial charge >= 0.3 is 0 Å². The van der Waals surface area contributed by atoms with Crippen molar-refractivity contribution >= 4 is 46.1 Å². The number of thiophene rings is 2. The van der Waals surface area contributed by atoms with Gasteiger partial charge in [-0.2, -0.15) is 0 Å². The second-order valence-electron chi connectivity index (χ2n) is 18.4. The zero-order chi connectivity index (χ0) is 49.6. The van der Waals surface area contributed by atoms with E-state index in [1.165, 1.54) is 44.2 Å². The van der Waals surface area contributed by atoms with Gasteiger partial charge in [0, 0.05) is 35.7 Å². The van der Waals surface area contributed by atoms with E-state index in [1.807, 2.05) is 67.6 Å². The highest BCUT2D eigenvalue weighted by molar-refractivity contribution is 7.10. The molecule has 70 heavy (non-hydrogen) atoms. The maximum absolute atomic E-state index is 13.6. The van der Waals surface area contributed by atoms with Crippen molar-refractivity contribution in [3.05, 3.63) is 187 Å². The van der Waals surface area contributed by atoms with Gasteiger partial charge in [0.25, 0.3) is 11.8 Å². The Morgan fingerprint density at radius 3 is 1.47 bits per heavy atom. The van der Waals surface area contributed by atoms with Crippen LogP contribution in [0.5, 0.6) is 0 Å². The van der Waals surface area contributed by atoms with Crippen LogP contribution in [-0.4, -0.2) is 91.1 Å². The van der Waals surface area contributed by atoms with Crippen molar-refractivity contribution in [1.29, 1.82) is 0 Å². The number of Topliss-reactive ketones (excluding diaryl/α,β-unsaturated/α-hetero) is 2. The molecular formula is C57H63FN2O8S2. The van der Waals surface area contributed by atoms with Gasteiger partial charge in [0.15, 0.2) is 23.8 Å². The first-order chi connectivity index (χ1) is 33.8. The smallest absolute Gasteiger partial charge is 0.255 e. The topological polar surface area (TPSA) is 156 Å². The number of aliphatic hydroxyl groups excluding tert-OH is 4. The van der Waals surface area contributed by atoms with Crippen LogP contribution in [0.15, 0.2) is 132 Å². The molecule has 0 spiro atoms. The number of likely N-dealkylation sites (tertiary alicyclic amines) is 2. The van der Waals surface area contributed by atoms with Gasteiger partial charge in [-0.1, -0.05) is 103 Å². The summed E-state index contributed by atoms with van der Waals surface area (Å²) in [5, 5.41) is 46.1. The van der Waals surface area contributed by atoms with Crippen LogP contribution in [0.2, 0.25) is 0 Å². The van der Waals surface area contributed by atoms with Crippen LogP contribution < -0.4 is 0 Å². The molecule has 368 valence electrons. The van der Waals surface area contributed by atoms with Crippen LogP contribution in [0.4, 0.5) is 4.39 Å². The zero-order valence-electron chi connectivity index (χ0n) is 39.6. The van der Waals surface area contributed by atoms with Crippen molar-refractivity contribution in [3.8, 4) is 0 Å². The average Bonchev–Trinajstić information content (AvgIpc) is 4.23. The number of rotatable bonds is 20. The van der Waals surface area contributed by atoms with Crippen molar-refractivity contribution < 1.29 is 44.0 Å². The van der Waals surface area contributed by atoms with E-state index in [1.54, 1.807) is 39.7 Å². The molecule has 4 aromatic carbocycles. The van der Waals surface area contributed by atoms with E-state index < -0.39 is 53.6 Å². The summed E-state index contributed by atoms with van der Waals surface area (Å²) in [6.07, 6.45) is 0.399. The number of nitrogens with zero attached hydrogens (tertiary/aromatic N) is 2. The summed E-state index contributed by atoms with van der Waals surface area (Å²) >= 11 is 3.32. The Labute approximate surface area is 418 Å². The van der Waals surface area contributed by atoms with Crippen LogP contribution in [0.3, 0.4) is 0 Å². The Bertz CT molecular complexity index is 2640. The summed E-state index contributed by atoms with van der Waals surface area (Å²) in [6.45, 7) is 2.91. The lowest BCUT2D eigenvalue weighted by atomic mass is 10.0. The highest BCUT2D eigenvalue weighted by Crippen LogP contribution is 2.34. The van der Waals surface area contributed by atoms with Crippen LogP contribution >= 0.6 is 22.7 Å². The first-order valence-corrected chi connectivity index (χ1v) is 26.0. The first-order valence-electron chi connectivity index (χ1n) is 24.3. The van der Waals surface area contributed by atoms with Crippen molar-refractivity contribution in [2.75, 3.05) is 13.1 Å². The van der Waals surface area contributed by atoms with Crippen LogP contribution in [0.1, 0.15) is 112 Å². The molecule has 4 N–H and O–H groups in total. The number of amides is 2. The molecule has 0 aliphatic carbocycles. The molecule has 2 saturated heterocycles. The van der Waals surface area contributed by atoms with E-state index in [0.29, 0.717) is 50.8 Å². The van der Waals surface area contributed by atoms with Gasteiger partial charge in [-0.25, -0.2) is 4.39 Å². The lowest BCUT2D eigenvalue weighted by Crippen LogP contribution is -2.47. The largest absolute Gasteiger partial charge is 0.382 e. The molecule has 2 aromatic heterocycles. The average molecular weight is 987 g/mol. The molecule has 10 nitrogen and oxygen atoms in total. The molecule has 2 amide bonds. The second kappa shape index (κ2) is 25.4. The number of carbonyl (C=O) groups is 4. The summed E-state index contributed by atoms with van der Waals surface area (Å²) in [5.74, 6) is -2.69. The quantitative estimate of drug-likeness (QED) is 0.0591. The fourth-order valence-corrected chi connectivity index (χ4v) is 11.2. The Balaban J connectivity index is 0.000000206. The molecule has 8 rings (SSSR count). The Kier molecular flexibility index (Phi) is 19.0. The molecule has 0 saturated carbocycles. The zero-order valence-corrected chi connectivity index (χ0v) is 41.2. The number of hydrogen-bond donors (Lipinski definition) is 4. The first kappa shape index (κ1) is 52.2. The number of benzene rings is 4. The Morgan fingerprint density at radius 2 is 1.01 bits per heavy atom. The third kappa shape index (κ3) is 14.2. The number of aliphatic hydroxyl groups is 4. The summed E-state index contributed by atoms with van der Waals surface area (Å²) in [5.41, 5.74) is 7.77. The maximum atomic E-state index is 13.6. The Morgan fingerprint density at radius 1 is 0.557 bits per heavy atom. The molecule has 2 aliphatic heterocycles. The monoisotopic (exact) mass is 986 g/mol. The molecule has 6 atom stereocenters. The molecule has 13 heteroatoms. The van der Waals surface area contributed by atoms with Gasteiger partial charge in [-0.3, -0.25) is 19.2 Å². The number of ketones is 2. The highest BCUT2D eigenvalue weighted by Gasteiger charge is 2.39.